The van der Waals surface area contributed by atoms with Crippen LogP contribution in [-0.2, 0) is 13.1 Å². The highest BCUT2D eigenvalue weighted by atomic mass is 32.2. The van der Waals surface area contributed by atoms with Crippen molar-refractivity contribution in [1.29, 1.82) is 0 Å². The van der Waals surface area contributed by atoms with E-state index in [1.807, 2.05) is 38.1 Å². The van der Waals surface area contributed by atoms with Gasteiger partial charge < -0.3 is 14.8 Å². The second kappa shape index (κ2) is 8.16. The summed E-state index contributed by atoms with van der Waals surface area (Å²) in [6.07, 6.45) is 3.88. The molecule has 1 aromatic heterocycles. The molecule has 1 saturated heterocycles. The summed E-state index contributed by atoms with van der Waals surface area (Å²) in [5, 5.41) is 3.54. The van der Waals surface area contributed by atoms with Crippen molar-refractivity contribution in [2.24, 2.45) is 4.99 Å². The molecule has 2 aromatic rings. The molecule has 3 rings (SSSR count). The standard InChI is InChI=1S/C20H29N5S/c1-16-22-8-9-24(16)14-18-7-5-6-17(12-18)13-23-19(21-4)25-10-11-26-20(2,3)15-25/h5-9,12H,10-11,13-15H2,1-4H3,(H,21,23). The van der Waals surface area contributed by atoms with Crippen molar-refractivity contribution in [3.8, 4) is 0 Å². The van der Waals surface area contributed by atoms with Crippen LogP contribution in [0.5, 0.6) is 0 Å². The van der Waals surface area contributed by atoms with E-state index >= 15 is 0 Å². The molecule has 6 heteroatoms. The highest BCUT2D eigenvalue weighted by molar-refractivity contribution is 8.00. The number of guanidine groups is 1. The molecule has 0 atom stereocenters. The number of hydrogen-bond donors (Lipinski definition) is 1. The van der Waals surface area contributed by atoms with Gasteiger partial charge in [0.1, 0.15) is 5.82 Å². The van der Waals surface area contributed by atoms with E-state index < -0.39 is 0 Å². The number of benzene rings is 1. The van der Waals surface area contributed by atoms with Crippen molar-refractivity contribution in [3.05, 3.63) is 53.6 Å². The third kappa shape index (κ3) is 4.81. The molecule has 140 valence electrons. The normalized spacial score (nSPS) is 17.4. The fourth-order valence-corrected chi connectivity index (χ4v) is 4.43. The minimum absolute atomic E-state index is 0.276. The molecule has 1 aliphatic rings. The Balaban J connectivity index is 1.62. The van der Waals surface area contributed by atoms with Crippen LogP contribution in [0.25, 0.3) is 0 Å². The zero-order valence-electron chi connectivity index (χ0n) is 16.2. The van der Waals surface area contributed by atoms with Gasteiger partial charge in [0.15, 0.2) is 5.96 Å². The second-order valence-corrected chi connectivity index (χ2v) is 9.15. The third-order valence-electron chi connectivity index (χ3n) is 4.66. The minimum Gasteiger partial charge on any atom is -0.352 e. The lowest BCUT2D eigenvalue weighted by atomic mass is 10.1. The predicted molar refractivity (Wildman–Crippen MR) is 111 cm³/mol. The smallest absolute Gasteiger partial charge is 0.193 e. The number of aromatic nitrogens is 2. The number of aliphatic imine (C=N–C) groups is 1. The molecule has 0 saturated carbocycles. The van der Waals surface area contributed by atoms with Crippen LogP contribution in [0.3, 0.4) is 0 Å². The monoisotopic (exact) mass is 371 g/mol. The summed E-state index contributed by atoms with van der Waals surface area (Å²) in [7, 11) is 1.87. The molecular weight excluding hydrogens is 342 g/mol. The van der Waals surface area contributed by atoms with E-state index in [0.717, 1.165) is 43.7 Å². The fourth-order valence-electron chi connectivity index (χ4n) is 3.32. The molecule has 5 nitrogen and oxygen atoms in total. The van der Waals surface area contributed by atoms with E-state index in [4.69, 9.17) is 0 Å². The van der Waals surface area contributed by atoms with Gasteiger partial charge in [0.2, 0.25) is 0 Å². The summed E-state index contributed by atoms with van der Waals surface area (Å²) in [6, 6.07) is 8.72. The molecule has 1 fully saturated rings. The van der Waals surface area contributed by atoms with Crippen molar-refractivity contribution in [2.75, 3.05) is 25.9 Å². The minimum atomic E-state index is 0.276. The molecule has 0 radical (unpaired) electrons. The van der Waals surface area contributed by atoms with Crippen molar-refractivity contribution in [1.82, 2.24) is 19.8 Å². The Morgan fingerprint density at radius 2 is 2.15 bits per heavy atom. The van der Waals surface area contributed by atoms with Gasteiger partial charge in [-0.15, -0.1) is 0 Å². The summed E-state index contributed by atoms with van der Waals surface area (Å²) < 4.78 is 2.44. The van der Waals surface area contributed by atoms with Gasteiger partial charge in [0.25, 0.3) is 0 Å². The number of hydrogen-bond acceptors (Lipinski definition) is 3. The summed E-state index contributed by atoms with van der Waals surface area (Å²) in [5.41, 5.74) is 2.56. The first-order chi connectivity index (χ1) is 12.5. The van der Waals surface area contributed by atoms with Gasteiger partial charge >= 0.3 is 0 Å². The predicted octanol–water partition coefficient (Wildman–Crippen LogP) is 3.14. The number of nitrogens with zero attached hydrogens (tertiary/aromatic N) is 4. The zero-order valence-corrected chi connectivity index (χ0v) is 17.0. The average Bonchev–Trinajstić information content (AvgIpc) is 3.00. The summed E-state index contributed by atoms with van der Waals surface area (Å²) >= 11 is 2.04. The second-order valence-electron chi connectivity index (χ2n) is 7.35. The van der Waals surface area contributed by atoms with E-state index in [2.05, 4.69) is 62.9 Å². The highest BCUT2D eigenvalue weighted by Crippen LogP contribution is 2.29. The molecule has 0 amide bonds. The van der Waals surface area contributed by atoms with Crippen LogP contribution >= 0.6 is 11.8 Å². The van der Waals surface area contributed by atoms with E-state index in [1.54, 1.807) is 0 Å². The molecule has 1 aliphatic heterocycles. The van der Waals surface area contributed by atoms with E-state index in [0.29, 0.717) is 0 Å². The van der Waals surface area contributed by atoms with Crippen LogP contribution in [0.1, 0.15) is 30.8 Å². The molecule has 26 heavy (non-hydrogen) atoms. The topological polar surface area (TPSA) is 45.5 Å². The molecular formula is C20H29N5S. The highest BCUT2D eigenvalue weighted by Gasteiger charge is 2.28. The van der Waals surface area contributed by atoms with E-state index in [9.17, 15) is 0 Å². The number of thioether (sulfide) groups is 1. The van der Waals surface area contributed by atoms with Crippen molar-refractivity contribution in [3.63, 3.8) is 0 Å². The largest absolute Gasteiger partial charge is 0.352 e. The van der Waals surface area contributed by atoms with E-state index in [-0.39, 0.29) is 4.75 Å². The van der Waals surface area contributed by atoms with E-state index in [1.165, 1.54) is 11.1 Å². The number of nitrogens with one attached hydrogen (secondary N) is 1. The Morgan fingerprint density at radius 3 is 2.85 bits per heavy atom. The van der Waals surface area contributed by atoms with Gasteiger partial charge in [0.05, 0.1) is 0 Å². The van der Waals surface area contributed by atoms with Gasteiger partial charge in [0, 0.05) is 56.1 Å². The van der Waals surface area contributed by atoms with Gasteiger partial charge in [-0.3, -0.25) is 4.99 Å². The summed E-state index contributed by atoms with van der Waals surface area (Å²) in [6.45, 7) is 10.4. The van der Waals surface area contributed by atoms with Crippen LogP contribution in [0.4, 0.5) is 0 Å². The van der Waals surface area contributed by atoms with Crippen LogP contribution in [-0.4, -0.2) is 51.0 Å². The van der Waals surface area contributed by atoms with Crippen molar-refractivity contribution in [2.45, 2.75) is 38.6 Å². The Morgan fingerprint density at radius 1 is 1.35 bits per heavy atom. The number of rotatable bonds is 4. The molecule has 0 bridgehead atoms. The zero-order chi connectivity index (χ0) is 18.6. The Hall–Kier alpha value is -1.95. The molecule has 2 heterocycles. The van der Waals surface area contributed by atoms with Crippen molar-refractivity contribution < 1.29 is 0 Å². The Labute approximate surface area is 160 Å². The van der Waals surface area contributed by atoms with Gasteiger partial charge in [-0.05, 0) is 31.9 Å². The quantitative estimate of drug-likeness (QED) is 0.662. The summed E-state index contributed by atoms with van der Waals surface area (Å²) in [4.78, 5) is 11.2. The van der Waals surface area contributed by atoms with Gasteiger partial charge in [-0.2, -0.15) is 11.8 Å². The molecule has 0 spiro atoms. The Bertz CT molecular complexity index is 765. The SMILES string of the molecule is CN=C(NCc1cccc(Cn2ccnc2C)c1)N1CCSC(C)(C)C1. The third-order valence-corrected chi connectivity index (χ3v) is 5.95. The molecule has 0 aliphatic carbocycles. The first-order valence-corrected chi connectivity index (χ1v) is 10.1. The first-order valence-electron chi connectivity index (χ1n) is 9.12. The van der Waals surface area contributed by atoms with Crippen molar-refractivity contribution >= 4 is 17.7 Å². The summed E-state index contributed by atoms with van der Waals surface area (Å²) in [5.74, 6) is 3.18. The fraction of sp³-hybridized carbons (Fsp3) is 0.500. The molecule has 0 unspecified atom stereocenters. The lowest BCUT2D eigenvalue weighted by Crippen LogP contribution is -2.50. The Kier molecular flexibility index (Phi) is 5.91. The maximum absolute atomic E-state index is 4.50. The average molecular weight is 372 g/mol. The molecule has 1 N–H and O–H groups in total. The van der Waals surface area contributed by atoms with Gasteiger partial charge in [-0.25, -0.2) is 4.98 Å². The maximum atomic E-state index is 4.50. The van der Waals surface area contributed by atoms with Crippen LogP contribution < -0.4 is 5.32 Å². The number of imidazole rings is 1. The van der Waals surface area contributed by atoms with Crippen LogP contribution in [0.2, 0.25) is 0 Å². The van der Waals surface area contributed by atoms with Crippen LogP contribution in [0.15, 0.2) is 41.7 Å². The number of aryl methyl sites for hydroxylation is 1. The maximum Gasteiger partial charge on any atom is 0.193 e. The molecule has 1 aromatic carbocycles. The van der Waals surface area contributed by atoms with Gasteiger partial charge in [-0.1, -0.05) is 24.3 Å². The lowest BCUT2D eigenvalue weighted by Gasteiger charge is -2.39. The lowest BCUT2D eigenvalue weighted by molar-refractivity contribution is 0.375. The van der Waals surface area contributed by atoms with Crippen LogP contribution in [0, 0.1) is 6.92 Å². The first kappa shape index (κ1) is 18.8.